The second-order valence-corrected chi connectivity index (χ2v) is 7.91. The summed E-state index contributed by atoms with van der Waals surface area (Å²) in [5.41, 5.74) is 10.7. The minimum atomic E-state index is -0.775. The van der Waals surface area contributed by atoms with Crippen LogP contribution in [0.3, 0.4) is 0 Å². The molecule has 0 saturated carbocycles. The molecule has 4 heterocycles. The van der Waals surface area contributed by atoms with E-state index in [1.54, 1.807) is 49.4 Å². The molecule has 0 fully saturated rings. The van der Waals surface area contributed by atoms with Crippen LogP contribution in [0.15, 0.2) is 42.6 Å². The molecule has 156 valence electrons. The van der Waals surface area contributed by atoms with Crippen LogP contribution in [0.25, 0.3) is 16.8 Å². The predicted molar refractivity (Wildman–Crippen MR) is 119 cm³/mol. The summed E-state index contributed by atoms with van der Waals surface area (Å²) in [6, 6.07) is 5.82. The van der Waals surface area contributed by atoms with Crippen LogP contribution in [-0.2, 0) is 10.3 Å². The monoisotopic (exact) mass is 414 g/mol. The third kappa shape index (κ3) is 3.48. The van der Waals surface area contributed by atoms with Gasteiger partial charge in [-0.15, -0.1) is 0 Å². The molecule has 0 aromatic carbocycles. The second kappa shape index (κ2) is 7.25. The van der Waals surface area contributed by atoms with Gasteiger partial charge in [-0.25, -0.2) is 0 Å². The number of pyridine rings is 2. The lowest BCUT2D eigenvalue weighted by Gasteiger charge is -2.15. The van der Waals surface area contributed by atoms with Crippen molar-refractivity contribution in [3.05, 3.63) is 53.7 Å². The minimum absolute atomic E-state index is 0.224. The molecule has 31 heavy (non-hydrogen) atoms. The Labute approximate surface area is 179 Å². The normalized spacial score (nSPS) is 14.6. The third-order valence-electron chi connectivity index (χ3n) is 5.30. The van der Waals surface area contributed by atoms with Crippen molar-refractivity contribution >= 4 is 28.7 Å². The lowest BCUT2D eigenvalue weighted by Crippen LogP contribution is -2.24. The molecule has 9 nitrogen and oxygen atoms in total. The van der Waals surface area contributed by atoms with E-state index < -0.39 is 5.54 Å². The van der Waals surface area contributed by atoms with E-state index in [1.807, 2.05) is 19.9 Å². The van der Waals surface area contributed by atoms with Gasteiger partial charge in [-0.3, -0.25) is 19.4 Å². The summed E-state index contributed by atoms with van der Waals surface area (Å²) in [5.74, 6) is 0.317. The predicted octanol–water partition coefficient (Wildman–Crippen LogP) is 3.28. The Morgan fingerprint density at radius 3 is 2.81 bits per heavy atom. The topological polar surface area (TPSA) is 135 Å². The number of nitrogens with two attached hydrogens (primary N) is 1. The van der Waals surface area contributed by atoms with Crippen LogP contribution < -0.4 is 16.4 Å². The fraction of sp³-hybridized carbons (Fsp3) is 0.227. The maximum absolute atomic E-state index is 12.7. The highest BCUT2D eigenvalue weighted by atomic mass is 16.2. The lowest BCUT2D eigenvalue weighted by atomic mass is 10.0. The number of carbonyl (C=O) groups excluding carboxylic acids is 1. The van der Waals surface area contributed by atoms with Gasteiger partial charge >= 0.3 is 0 Å². The first kappa shape index (κ1) is 20.1. The highest BCUT2D eigenvalue weighted by molar-refractivity contribution is 6.32. The van der Waals surface area contributed by atoms with E-state index in [0.29, 0.717) is 34.2 Å². The van der Waals surface area contributed by atoms with Gasteiger partial charge in [0.25, 0.3) is 5.91 Å². The van der Waals surface area contributed by atoms with Gasteiger partial charge in [0.1, 0.15) is 5.54 Å². The maximum atomic E-state index is 12.7. The zero-order valence-electron chi connectivity index (χ0n) is 17.7. The number of allylic oxidation sites excluding steroid dienone is 1. The fourth-order valence-corrected chi connectivity index (χ4v) is 3.40. The SMILES string of the molecule is C/C(Nc1ccn(C(C)(C)C#N)n1)=C1/C(=O)Nc2cnc(-c3cncc(N)c3C)cc21. The van der Waals surface area contributed by atoms with E-state index in [9.17, 15) is 10.1 Å². The van der Waals surface area contributed by atoms with Crippen molar-refractivity contribution in [2.75, 3.05) is 16.4 Å². The number of fused-ring (bicyclic) bond motifs is 1. The van der Waals surface area contributed by atoms with Gasteiger partial charge in [0.15, 0.2) is 5.82 Å². The van der Waals surface area contributed by atoms with Crippen molar-refractivity contribution in [3.63, 3.8) is 0 Å². The smallest absolute Gasteiger partial charge is 0.258 e. The Morgan fingerprint density at radius 1 is 1.29 bits per heavy atom. The quantitative estimate of drug-likeness (QED) is 0.558. The number of nitrogens with one attached hydrogen (secondary N) is 2. The Hall–Kier alpha value is -4.19. The molecule has 1 aliphatic heterocycles. The van der Waals surface area contributed by atoms with Crippen LogP contribution in [0.5, 0.6) is 0 Å². The Morgan fingerprint density at radius 2 is 2.06 bits per heavy atom. The Balaban J connectivity index is 1.73. The number of rotatable bonds is 4. The maximum Gasteiger partial charge on any atom is 0.258 e. The van der Waals surface area contributed by atoms with Gasteiger partial charge < -0.3 is 16.4 Å². The number of hydrogen-bond donors (Lipinski definition) is 3. The van der Waals surface area contributed by atoms with Crippen molar-refractivity contribution in [1.29, 1.82) is 5.26 Å². The van der Waals surface area contributed by atoms with Crippen molar-refractivity contribution < 1.29 is 4.79 Å². The highest BCUT2D eigenvalue weighted by Crippen LogP contribution is 2.36. The number of aromatic nitrogens is 4. The summed E-state index contributed by atoms with van der Waals surface area (Å²) in [7, 11) is 0. The standard InChI is InChI=1S/C22H22N8O/c1-12-15(8-25-9-16(12)24)17-7-14-18(10-26-17)28-21(31)20(14)13(2)27-19-5-6-30(29-19)22(3,4)11-23/h5-10H,24H2,1-4H3,(H,27,29)(H,28,31)/b20-13-. The number of nitriles is 1. The van der Waals surface area contributed by atoms with E-state index in [4.69, 9.17) is 5.73 Å². The number of carbonyl (C=O) groups is 1. The number of nitrogen functional groups attached to an aromatic ring is 1. The van der Waals surface area contributed by atoms with Crippen molar-refractivity contribution in [2.45, 2.75) is 33.2 Å². The molecule has 0 bridgehead atoms. The largest absolute Gasteiger partial charge is 0.397 e. The fourth-order valence-electron chi connectivity index (χ4n) is 3.40. The van der Waals surface area contributed by atoms with E-state index in [2.05, 4.69) is 31.8 Å². The van der Waals surface area contributed by atoms with Crippen LogP contribution in [0.2, 0.25) is 0 Å². The molecule has 0 aliphatic carbocycles. The highest BCUT2D eigenvalue weighted by Gasteiger charge is 2.28. The first-order valence-electron chi connectivity index (χ1n) is 9.69. The lowest BCUT2D eigenvalue weighted by molar-refractivity contribution is -0.110. The average Bonchev–Trinajstić information content (AvgIpc) is 3.33. The molecule has 0 atom stereocenters. The van der Waals surface area contributed by atoms with Crippen LogP contribution in [0.1, 0.15) is 31.9 Å². The van der Waals surface area contributed by atoms with Gasteiger partial charge in [-0.1, -0.05) is 0 Å². The summed E-state index contributed by atoms with van der Waals surface area (Å²) in [6.45, 7) is 7.27. The van der Waals surface area contributed by atoms with Crippen LogP contribution in [0.4, 0.5) is 17.2 Å². The van der Waals surface area contributed by atoms with Crippen molar-refractivity contribution in [1.82, 2.24) is 19.7 Å². The molecule has 1 amide bonds. The molecule has 9 heteroatoms. The molecular weight excluding hydrogens is 392 g/mol. The Kier molecular flexibility index (Phi) is 4.70. The minimum Gasteiger partial charge on any atom is -0.397 e. The first-order valence-corrected chi connectivity index (χ1v) is 9.69. The third-order valence-corrected chi connectivity index (χ3v) is 5.30. The molecular formula is C22H22N8O. The summed E-state index contributed by atoms with van der Waals surface area (Å²) in [6.07, 6.45) is 6.67. The number of hydrogen-bond acceptors (Lipinski definition) is 7. The van der Waals surface area contributed by atoms with E-state index >= 15 is 0 Å². The molecule has 1 aliphatic rings. The average molecular weight is 414 g/mol. The van der Waals surface area contributed by atoms with Crippen molar-refractivity contribution in [3.8, 4) is 17.3 Å². The Bertz CT molecular complexity index is 1280. The van der Waals surface area contributed by atoms with E-state index in [0.717, 1.165) is 16.7 Å². The molecule has 0 unspecified atom stereocenters. The summed E-state index contributed by atoms with van der Waals surface area (Å²) in [5, 5.41) is 19.7. The molecule has 4 rings (SSSR count). The van der Waals surface area contributed by atoms with E-state index in [1.165, 1.54) is 0 Å². The van der Waals surface area contributed by atoms with Gasteiger partial charge in [0.2, 0.25) is 0 Å². The second-order valence-electron chi connectivity index (χ2n) is 7.91. The zero-order chi connectivity index (χ0) is 22.3. The molecule has 0 spiro atoms. The number of nitrogens with zero attached hydrogens (tertiary/aromatic N) is 5. The number of amides is 1. The van der Waals surface area contributed by atoms with Crippen LogP contribution >= 0.6 is 0 Å². The van der Waals surface area contributed by atoms with Gasteiger partial charge in [-0.2, -0.15) is 10.4 Å². The molecule has 4 N–H and O–H groups in total. The molecule has 0 saturated heterocycles. The molecule has 0 radical (unpaired) electrons. The zero-order valence-corrected chi connectivity index (χ0v) is 17.7. The van der Waals surface area contributed by atoms with Gasteiger partial charge in [0, 0.05) is 35.3 Å². The van der Waals surface area contributed by atoms with Crippen LogP contribution in [0, 0.1) is 18.3 Å². The van der Waals surface area contributed by atoms with E-state index in [-0.39, 0.29) is 5.91 Å². The first-order chi connectivity index (χ1) is 14.7. The molecule has 3 aromatic rings. The molecule has 3 aromatic heterocycles. The van der Waals surface area contributed by atoms with Gasteiger partial charge in [-0.05, 0) is 39.3 Å². The summed E-state index contributed by atoms with van der Waals surface area (Å²) in [4.78, 5) is 21.3. The summed E-state index contributed by atoms with van der Waals surface area (Å²) < 4.78 is 1.58. The van der Waals surface area contributed by atoms with Crippen LogP contribution in [-0.4, -0.2) is 25.7 Å². The summed E-state index contributed by atoms with van der Waals surface area (Å²) >= 11 is 0. The number of anilines is 3. The van der Waals surface area contributed by atoms with Crippen molar-refractivity contribution in [2.24, 2.45) is 0 Å². The van der Waals surface area contributed by atoms with Gasteiger partial charge in [0.05, 0.1) is 41.1 Å².